The number of ether oxygens (including phenoxy) is 1. The third kappa shape index (κ3) is 2.99. The average Bonchev–Trinajstić information content (AvgIpc) is 2.46. The number of hydrogen-bond donors (Lipinski definition) is 1. The third-order valence-electron chi connectivity index (χ3n) is 4.04. The first-order valence-electron chi connectivity index (χ1n) is 7.34. The van der Waals surface area contributed by atoms with E-state index in [2.05, 4.69) is 49.9 Å². The Balaban J connectivity index is 2.39. The lowest BCUT2D eigenvalue weighted by molar-refractivity contribution is -0.0791. The van der Waals surface area contributed by atoms with Crippen molar-refractivity contribution in [1.29, 1.82) is 0 Å². The van der Waals surface area contributed by atoms with Crippen LogP contribution in [0.15, 0.2) is 24.3 Å². The molecule has 2 unspecified atom stereocenters. The zero-order valence-electron chi connectivity index (χ0n) is 12.3. The Kier molecular flexibility index (Phi) is 4.97. The number of nitrogens with zero attached hydrogens (tertiary/aromatic N) is 1. The molecule has 19 heavy (non-hydrogen) atoms. The van der Waals surface area contributed by atoms with E-state index in [1.54, 1.807) is 0 Å². The summed E-state index contributed by atoms with van der Waals surface area (Å²) in [7, 11) is 0. The summed E-state index contributed by atoms with van der Waals surface area (Å²) < 4.78 is 5.91. The Labute approximate surface area is 116 Å². The second-order valence-corrected chi connectivity index (χ2v) is 5.47. The van der Waals surface area contributed by atoms with E-state index < -0.39 is 0 Å². The summed E-state index contributed by atoms with van der Waals surface area (Å²) in [5.74, 6) is 0. The number of benzene rings is 1. The van der Waals surface area contributed by atoms with Crippen LogP contribution in [0.2, 0.25) is 0 Å². The highest BCUT2D eigenvalue weighted by atomic mass is 16.5. The molecule has 2 atom stereocenters. The molecule has 0 saturated carbocycles. The van der Waals surface area contributed by atoms with Crippen molar-refractivity contribution >= 4 is 0 Å². The number of rotatable bonds is 4. The van der Waals surface area contributed by atoms with Crippen molar-refractivity contribution in [2.75, 3.05) is 19.7 Å². The van der Waals surface area contributed by atoms with Gasteiger partial charge < -0.3 is 10.5 Å². The van der Waals surface area contributed by atoms with Gasteiger partial charge in [0.1, 0.15) is 0 Å². The van der Waals surface area contributed by atoms with Gasteiger partial charge in [-0.3, -0.25) is 4.90 Å². The van der Waals surface area contributed by atoms with Gasteiger partial charge in [0.15, 0.2) is 0 Å². The minimum Gasteiger partial charge on any atom is -0.374 e. The summed E-state index contributed by atoms with van der Waals surface area (Å²) in [6, 6.07) is 9.48. The maximum absolute atomic E-state index is 5.93. The van der Waals surface area contributed by atoms with Crippen LogP contribution in [-0.4, -0.2) is 36.7 Å². The fourth-order valence-electron chi connectivity index (χ4n) is 3.05. The highest BCUT2D eigenvalue weighted by Gasteiger charge is 2.34. The summed E-state index contributed by atoms with van der Waals surface area (Å²) in [5.41, 5.74) is 8.72. The molecule has 2 rings (SSSR count). The predicted molar refractivity (Wildman–Crippen MR) is 79.2 cm³/mol. The molecule has 1 saturated heterocycles. The van der Waals surface area contributed by atoms with E-state index in [1.807, 2.05) is 0 Å². The van der Waals surface area contributed by atoms with Crippen LogP contribution in [0.5, 0.6) is 0 Å². The highest BCUT2D eigenvalue weighted by molar-refractivity contribution is 5.31. The summed E-state index contributed by atoms with van der Waals surface area (Å²) >= 11 is 0. The van der Waals surface area contributed by atoms with Gasteiger partial charge in [-0.15, -0.1) is 0 Å². The normalized spacial score (nSPS) is 24.9. The van der Waals surface area contributed by atoms with Crippen LogP contribution in [0, 0.1) is 0 Å². The Bertz CT molecular complexity index is 405. The van der Waals surface area contributed by atoms with Crippen LogP contribution >= 0.6 is 0 Å². The lowest BCUT2D eigenvalue weighted by Crippen LogP contribution is -2.51. The molecule has 1 aromatic rings. The van der Waals surface area contributed by atoms with Crippen molar-refractivity contribution < 1.29 is 4.74 Å². The monoisotopic (exact) mass is 262 g/mol. The van der Waals surface area contributed by atoms with Crippen molar-refractivity contribution in [2.45, 2.75) is 45.4 Å². The lowest BCUT2D eigenvalue weighted by Gasteiger charge is -2.44. The van der Waals surface area contributed by atoms with E-state index in [0.717, 1.165) is 19.6 Å². The number of nitrogens with two attached hydrogens (primary N) is 1. The topological polar surface area (TPSA) is 38.5 Å². The molecule has 1 fully saturated rings. The molecule has 0 spiro atoms. The van der Waals surface area contributed by atoms with Crippen molar-refractivity contribution in [1.82, 2.24) is 4.90 Å². The smallest absolute Gasteiger partial charge is 0.0894 e. The zero-order chi connectivity index (χ0) is 13.8. The molecule has 0 radical (unpaired) electrons. The molecule has 3 nitrogen and oxygen atoms in total. The van der Waals surface area contributed by atoms with Gasteiger partial charge in [0.05, 0.1) is 18.8 Å². The van der Waals surface area contributed by atoms with Gasteiger partial charge in [-0.25, -0.2) is 0 Å². The first-order chi connectivity index (χ1) is 9.19. The molecule has 0 aromatic heterocycles. The predicted octanol–water partition coefficient (Wildman–Crippen LogP) is 2.36. The number of hydrogen-bond acceptors (Lipinski definition) is 3. The van der Waals surface area contributed by atoms with Crippen molar-refractivity contribution in [3.8, 4) is 0 Å². The van der Waals surface area contributed by atoms with Crippen molar-refractivity contribution in [2.24, 2.45) is 5.73 Å². The molecule has 0 amide bonds. The Hall–Kier alpha value is -0.900. The van der Waals surface area contributed by atoms with Crippen LogP contribution in [0.4, 0.5) is 0 Å². The molecule has 1 heterocycles. The molecular weight excluding hydrogens is 236 g/mol. The van der Waals surface area contributed by atoms with Crippen LogP contribution in [0.1, 0.15) is 37.9 Å². The van der Waals surface area contributed by atoms with E-state index in [4.69, 9.17) is 10.5 Å². The summed E-state index contributed by atoms with van der Waals surface area (Å²) in [6.07, 6.45) is 1.15. The minimum atomic E-state index is 0.101. The van der Waals surface area contributed by atoms with E-state index in [9.17, 15) is 0 Å². The molecule has 1 aliphatic heterocycles. The molecule has 3 heteroatoms. The second-order valence-electron chi connectivity index (χ2n) is 5.47. The summed E-state index contributed by atoms with van der Waals surface area (Å²) in [4.78, 5) is 2.52. The maximum atomic E-state index is 5.93. The van der Waals surface area contributed by atoms with E-state index in [1.165, 1.54) is 11.1 Å². The molecule has 1 aromatic carbocycles. The highest BCUT2D eigenvalue weighted by Crippen LogP contribution is 2.33. The zero-order valence-corrected chi connectivity index (χ0v) is 12.3. The first kappa shape index (κ1) is 14.5. The largest absolute Gasteiger partial charge is 0.374 e. The third-order valence-corrected chi connectivity index (χ3v) is 4.04. The van der Waals surface area contributed by atoms with Crippen molar-refractivity contribution in [3.05, 3.63) is 35.4 Å². The Morgan fingerprint density at radius 1 is 1.37 bits per heavy atom. The van der Waals surface area contributed by atoms with Crippen molar-refractivity contribution in [3.63, 3.8) is 0 Å². The molecule has 0 aliphatic carbocycles. The van der Waals surface area contributed by atoms with Gasteiger partial charge >= 0.3 is 0 Å². The standard InChI is InChI=1S/C16H26N2O/c1-4-13-7-5-6-8-14(13)16-15(11-17)19-10-9-18(16)12(2)3/h5-8,12,15-16H,4,9-11,17H2,1-3H3. The molecule has 1 aliphatic rings. The van der Waals surface area contributed by atoms with Gasteiger partial charge in [0.2, 0.25) is 0 Å². The van der Waals surface area contributed by atoms with Crippen LogP contribution < -0.4 is 5.73 Å². The van der Waals surface area contributed by atoms with Gasteiger partial charge in [-0.1, -0.05) is 31.2 Å². The molecule has 106 valence electrons. The lowest BCUT2D eigenvalue weighted by atomic mass is 9.91. The maximum Gasteiger partial charge on any atom is 0.0894 e. The average molecular weight is 262 g/mol. The van der Waals surface area contributed by atoms with Gasteiger partial charge in [-0.05, 0) is 31.4 Å². The van der Waals surface area contributed by atoms with Crippen LogP contribution in [0.25, 0.3) is 0 Å². The Morgan fingerprint density at radius 2 is 2.11 bits per heavy atom. The molecular formula is C16H26N2O. The van der Waals surface area contributed by atoms with E-state index in [-0.39, 0.29) is 12.1 Å². The second kappa shape index (κ2) is 6.51. The fraction of sp³-hybridized carbons (Fsp3) is 0.625. The van der Waals surface area contributed by atoms with Gasteiger partial charge in [0, 0.05) is 19.1 Å². The quantitative estimate of drug-likeness (QED) is 0.905. The number of morpholine rings is 1. The minimum absolute atomic E-state index is 0.101. The van der Waals surface area contributed by atoms with Gasteiger partial charge in [0.25, 0.3) is 0 Å². The summed E-state index contributed by atoms with van der Waals surface area (Å²) in [6.45, 7) is 9.05. The van der Waals surface area contributed by atoms with Crippen LogP contribution in [0.3, 0.4) is 0 Å². The fourth-order valence-corrected chi connectivity index (χ4v) is 3.05. The van der Waals surface area contributed by atoms with Crippen LogP contribution in [-0.2, 0) is 11.2 Å². The first-order valence-corrected chi connectivity index (χ1v) is 7.34. The Morgan fingerprint density at radius 3 is 2.74 bits per heavy atom. The molecule has 0 bridgehead atoms. The van der Waals surface area contributed by atoms with E-state index in [0.29, 0.717) is 12.6 Å². The SMILES string of the molecule is CCc1ccccc1C1C(CN)OCCN1C(C)C. The van der Waals surface area contributed by atoms with Gasteiger partial charge in [-0.2, -0.15) is 0 Å². The molecule has 2 N–H and O–H groups in total. The number of aryl methyl sites for hydroxylation is 1. The van der Waals surface area contributed by atoms with E-state index >= 15 is 0 Å². The summed E-state index contributed by atoms with van der Waals surface area (Å²) in [5, 5.41) is 0.